The van der Waals surface area contributed by atoms with Crippen molar-refractivity contribution in [1.82, 2.24) is 9.97 Å². The average molecular weight is 250 g/mol. The summed E-state index contributed by atoms with van der Waals surface area (Å²) in [6.07, 6.45) is 7.09. The third-order valence-corrected chi connectivity index (χ3v) is 4.07. The fourth-order valence-electron chi connectivity index (χ4n) is 2.86. The Morgan fingerprint density at radius 1 is 1.33 bits per heavy atom. The highest BCUT2D eigenvalue weighted by molar-refractivity contribution is 5.21. The summed E-state index contributed by atoms with van der Waals surface area (Å²) in [6, 6.07) is 0. The second kappa shape index (κ2) is 5.55. The molecule has 1 aromatic heterocycles. The molecule has 0 aliphatic heterocycles. The van der Waals surface area contributed by atoms with Gasteiger partial charge >= 0.3 is 0 Å². The van der Waals surface area contributed by atoms with Crippen molar-refractivity contribution in [3.63, 3.8) is 0 Å². The Kier molecular flexibility index (Phi) is 4.04. The minimum atomic E-state index is -0.215. The Bertz CT molecular complexity index is 459. The normalized spacial score (nSPS) is 24.1. The van der Waals surface area contributed by atoms with Gasteiger partial charge in [-0.2, -0.15) is 4.98 Å². The molecule has 1 aromatic rings. The molecule has 1 fully saturated rings. The summed E-state index contributed by atoms with van der Waals surface area (Å²) in [6.45, 7) is 3.81. The number of hydrogen-bond donors (Lipinski definition) is 2. The Labute approximate surface area is 107 Å². The van der Waals surface area contributed by atoms with Crippen LogP contribution in [0.25, 0.3) is 0 Å². The number of nitrogens with one attached hydrogen (secondary N) is 1. The van der Waals surface area contributed by atoms with Gasteiger partial charge in [0.05, 0.1) is 5.56 Å². The van der Waals surface area contributed by atoms with Crippen molar-refractivity contribution < 1.29 is 5.11 Å². The van der Waals surface area contributed by atoms with Gasteiger partial charge in [-0.25, -0.2) is 0 Å². The van der Waals surface area contributed by atoms with Crippen molar-refractivity contribution in [3.8, 4) is 5.88 Å². The van der Waals surface area contributed by atoms with Gasteiger partial charge in [0.25, 0.3) is 5.56 Å². The highest BCUT2D eigenvalue weighted by atomic mass is 16.3. The average Bonchev–Trinajstić information content (AvgIpc) is 2.37. The van der Waals surface area contributed by atoms with E-state index in [0.717, 1.165) is 18.8 Å². The fourth-order valence-corrected chi connectivity index (χ4v) is 2.86. The second-order valence-electron chi connectivity index (χ2n) is 5.41. The van der Waals surface area contributed by atoms with Crippen LogP contribution in [0.15, 0.2) is 4.79 Å². The number of aromatic hydroxyl groups is 1. The molecule has 2 rings (SSSR count). The van der Waals surface area contributed by atoms with Gasteiger partial charge in [0.15, 0.2) is 0 Å². The number of H-pyrrole nitrogens is 1. The van der Waals surface area contributed by atoms with Gasteiger partial charge in [0.1, 0.15) is 5.82 Å². The summed E-state index contributed by atoms with van der Waals surface area (Å²) < 4.78 is 0. The monoisotopic (exact) mass is 250 g/mol. The summed E-state index contributed by atoms with van der Waals surface area (Å²) in [5.74, 6) is 1.68. The molecular formula is C14H22N2O2. The lowest BCUT2D eigenvalue weighted by atomic mass is 9.80. The van der Waals surface area contributed by atoms with E-state index < -0.39 is 0 Å². The topological polar surface area (TPSA) is 66.0 Å². The molecule has 0 atom stereocenters. The molecule has 0 spiro atoms. The van der Waals surface area contributed by atoms with Gasteiger partial charge in [0.2, 0.25) is 5.88 Å². The van der Waals surface area contributed by atoms with E-state index in [0.29, 0.717) is 17.3 Å². The van der Waals surface area contributed by atoms with Gasteiger partial charge in [-0.3, -0.25) is 4.79 Å². The first-order valence-corrected chi connectivity index (χ1v) is 6.91. The molecule has 1 saturated carbocycles. The lowest BCUT2D eigenvalue weighted by molar-refractivity contribution is 0.300. The predicted octanol–water partition coefficient (Wildman–Crippen LogP) is 2.86. The van der Waals surface area contributed by atoms with Crippen molar-refractivity contribution in [2.45, 2.75) is 58.3 Å². The van der Waals surface area contributed by atoms with E-state index in [2.05, 4.69) is 16.9 Å². The number of aromatic nitrogens is 2. The summed E-state index contributed by atoms with van der Waals surface area (Å²) in [5, 5.41) is 9.62. The molecule has 4 nitrogen and oxygen atoms in total. The van der Waals surface area contributed by atoms with E-state index in [9.17, 15) is 9.90 Å². The van der Waals surface area contributed by atoms with Crippen LogP contribution in [-0.4, -0.2) is 15.1 Å². The maximum Gasteiger partial charge on any atom is 0.257 e. The van der Waals surface area contributed by atoms with Crippen molar-refractivity contribution in [2.75, 3.05) is 0 Å². The van der Waals surface area contributed by atoms with Gasteiger partial charge in [-0.05, 0) is 38.5 Å². The van der Waals surface area contributed by atoms with Crippen LogP contribution in [0.1, 0.15) is 62.8 Å². The highest BCUT2D eigenvalue weighted by Gasteiger charge is 2.24. The molecule has 0 bridgehead atoms. The molecule has 0 radical (unpaired) electrons. The summed E-state index contributed by atoms with van der Waals surface area (Å²) >= 11 is 0. The van der Waals surface area contributed by atoms with Crippen molar-refractivity contribution >= 4 is 0 Å². The number of rotatable bonds is 3. The molecule has 100 valence electrons. The molecule has 2 N–H and O–H groups in total. The Morgan fingerprint density at radius 3 is 2.56 bits per heavy atom. The first-order chi connectivity index (χ1) is 8.61. The molecule has 4 heteroatoms. The molecule has 0 unspecified atom stereocenters. The van der Waals surface area contributed by atoms with E-state index >= 15 is 0 Å². The van der Waals surface area contributed by atoms with Crippen LogP contribution in [0.2, 0.25) is 0 Å². The zero-order chi connectivity index (χ0) is 13.1. The lowest BCUT2D eigenvalue weighted by Crippen LogP contribution is -2.20. The van der Waals surface area contributed by atoms with E-state index in [1.807, 2.05) is 0 Å². The quantitative estimate of drug-likeness (QED) is 0.866. The van der Waals surface area contributed by atoms with E-state index in [4.69, 9.17) is 0 Å². The molecule has 0 aromatic carbocycles. The van der Waals surface area contributed by atoms with Crippen LogP contribution in [0, 0.1) is 12.8 Å². The molecule has 0 amide bonds. The molecule has 0 saturated heterocycles. The summed E-state index contributed by atoms with van der Waals surface area (Å²) in [7, 11) is 0. The Balaban J connectivity index is 2.08. The Hall–Kier alpha value is -1.32. The van der Waals surface area contributed by atoms with Crippen LogP contribution in [0.4, 0.5) is 0 Å². The zero-order valence-corrected chi connectivity index (χ0v) is 11.2. The second-order valence-corrected chi connectivity index (χ2v) is 5.41. The third kappa shape index (κ3) is 2.74. The molecule has 1 aliphatic carbocycles. The van der Waals surface area contributed by atoms with Gasteiger partial charge < -0.3 is 10.1 Å². The zero-order valence-electron chi connectivity index (χ0n) is 11.2. The van der Waals surface area contributed by atoms with Crippen LogP contribution < -0.4 is 5.56 Å². The number of nitrogens with zero attached hydrogens (tertiary/aromatic N) is 1. The maximum atomic E-state index is 11.6. The van der Waals surface area contributed by atoms with Crippen LogP contribution in [-0.2, 0) is 0 Å². The summed E-state index contributed by atoms with van der Waals surface area (Å²) in [5.41, 5.74) is 0.0894. The van der Waals surface area contributed by atoms with E-state index in [1.54, 1.807) is 6.92 Å². The van der Waals surface area contributed by atoms with E-state index in [-0.39, 0.29) is 11.4 Å². The minimum absolute atomic E-state index is 0.121. The van der Waals surface area contributed by atoms with Crippen LogP contribution in [0.5, 0.6) is 5.88 Å². The van der Waals surface area contributed by atoms with Crippen LogP contribution in [0.3, 0.4) is 0 Å². The van der Waals surface area contributed by atoms with Gasteiger partial charge in [0, 0.05) is 5.92 Å². The minimum Gasteiger partial charge on any atom is -0.493 e. The van der Waals surface area contributed by atoms with E-state index in [1.165, 1.54) is 25.7 Å². The molecule has 18 heavy (non-hydrogen) atoms. The van der Waals surface area contributed by atoms with Gasteiger partial charge in [-0.1, -0.05) is 19.8 Å². The number of hydrogen-bond acceptors (Lipinski definition) is 3. The van der Waals surface area contributed by atoms with Crippen LogP contribution >= 0.6 is 0 Å². The lowest BCUT2D eigenvalue weighted by Gasteiger charge is -2.27. The standard InChI is InChI=1S/C14H22N2O2/c1-3-4-10-5-7-11(8-6-10)12-15-13(17)9(2)14(18)16-12/h10-11H,3-8H2,1-2H3,(H2,15,16,17,18). The highest BCUT2D eigenvalue weighted by Crippen LogP contribution is 2.36. The molecule has 1 heterocycles. The maximum absolute atomic E-state index is 11.6. The predicted molar refractivity (Wildman–Crippen MR) is 70.9 cm³/mol. The fraction of sp³-hybridized carbons (Fsp3) is 0.714. The smallest absolute Gasteiger partial charge is 0.257 e. The first-order valence-electron chi connectivity index (χ1n) is 6.91. The third-order valence-electron chi connectivity index (χ3n) is 4.07. The SMILES string of the molecule is CCCC1CCC(c2nc(O)c(C)c(=O)[nH]2)CC1. The molecule has 1 aliphatic rings. The van der Waals surface area contributed by atoms with Crippen molar-refractivity contribution in [3.05, 3.63) is 21.7 Å². The largest absolute Gasteiger partial charge is 0.493 e. The summed E-state index contributed by atoms with van der Waals surface area (Å²) in [4.78, 5) is 18.5. The van der Waals surface area contributed by atoms with Crippen molar-refractivity contribution in [2.24, 2.45) is 5.92 Å². The number of aromatic amines is 1. The molecular weight excluding hydrogens is 228 g/mol. The van der Waals surface area contributed by atoms with Crippen molar-refractivity contribution in [1.29, 1.82) is 0 Å². The van der Waals surface area contributed by atoms with Gasteiger partial charge in [-0.15, -0.1) is 0 Å². The Morgan fingerprint density at radius 2 is 2.00 bits per heavy atom. The first kappa shape index (κ1) is 13.1.